The summed E-state index contributed by atoms with van der Waals surface area (Å²) in [5.74, 6) is -0.406. The van der Waals surface area contributed by atoms with Crippen LogP contribution in [-0.2, 0) is 33.3 Å². The van der Waals surface area contributed by atoms with Crippen molar-refractivity contribution in [3.8, 4) is 12.1 Å². The Hall–Kier alpha value is -3.72. The minimum Gasteiger partial charge on any atom is -0.463 e. The van der Waals surface area contributed by atoms with E-state index in [4.69, 9.17) is 23.7 Å². The number of azo groups is 1. The van der Waals surface area contributed by atoms with Gasteiger partial charge in [0, 0.05) is 24.7 Å². The van der Waals surface area contributed by atoms with Gasteiger partial charge >= 0.3 is 5.97 Å². The van der Waals surface area contributed by atoms with E-state index in [-0.39, 0.29) is 32.1 Å². The van der Waals surface area contributed by atoms with Crippen LogP contribution in [0.5, 0.6) is 0 Å². The molecule has 0 unspecified atom stereocenters. The maximum Gasteiger partial charge on any atom is 0.306 e. The zero-order valence-corrected chi connectivity index (χ0v) is 26.7. The molecule has 0 fully saturated rings. The van der Waals surface area contributed by atoms with Gasteiger partial charge in [-0.3, -0.25) is 4.79 Å². The van der Waals surface area contributed by atoms with Crippen molar-refractivity contribution in [3.63, 3.8) is 0 Å². The Kier molecular flexibility index (Phi) is 17.5. The number of aryl methyl sites for hydroxylation is 1. The predicted molar refractivity (Wildman–Crippen MR) is 166 cm³/mol. The number of hydrogen-bond acceptors (Lipinski definition) is 13. The average Bonchev–Trinajstić information content (AvgIpc) is 3.32. The summed E-state index contributed by atoms with van der Waals surface area (Å²) in [6.45, 7) is 12.2. The quantitative estimate of drug-likeness (QED) is 0.0724. The predicted octanol–water partition coefficient (Wildman–Crippen LogP) is 5.33. The summed E-state index contributed by atoms with van der Waals surface area (Å²) >= 11 is 1.17. The van der Waals surface area contributed by atoms with Crippen LogP contribution in [0, 0.1) is 36.5 Å². The number of carbonyl (C=O) groups is 2. The SMILES string of the molecule is Cc1cc(N(CCOCCOCCOCCOCCOC(=O)CCC=O)C(C)C)ccc1N=Nc1sc(C#N)c(C)c1C#N. The number of carbonyl (C=O) groups excluding carboxylic acids is 2. The molecule has 0 bridgehead atoms. The number of benzene rings is 1. The number of rotatable bonds is 22. The van der Waals surface area contributed by atoms with E-state index in [2.05, 4.69) is 47.2 Å². The van der Waals surface area contributed by atoms with E-state index < -0.39 is 5.97 Å². The van der Waals surface area contributed by atoms with Gasteiger partial charge in [0.2, 0.25) is 0 Å². The van der Waals surface area contributed by atoms with Crippen LogP contribution in [0.25, 0.3) is 0 Å². The summed E-state index contributed by atoms with van der Waals surface area (Å²) in [6.07, 6.45) is 0.944. The smallest absolute Gasteiger partial charge is 0.306 e. The first-order chi connectivity index (χ1) is 21.3. The van der Waals surface area contributed by atoms with E-state index in [0.29, 0.717) is 85.8 Å². The van der Waals surface area contributed by atoms with Crippen LogP contribution in [0.3, 0.4) is 0 Å². The van der Waals surface area contributed by atoms with E-state index in [1.54, 1.807) is 6.92 Å². The van der Waals surface area contributed by atoms with E-state index in [9.17, 15) is 20.1 Å². The Morgan fingerprint density at radius 1 is 0.932 bits per heavy atom. The molecule has 238 valence electrons. The number of aldehydes is 1. The summed E-state index contributed by atoms with van der Waals surface area (Å²) < 4.78 is 27.0. The summed E-state index contributed by atoms with van der Waals surface area (Å²) in [5, 5.41) is 27.7. The number of nitrogens with zero attached hydrogens (tertiary/aromatic N) is 5. The van der Waals surface area contributed by atoms with Crippen LogP contribution >= 0.6 is 11.3 Å². The standard InChI is InChI=1S/C31H41N5O7S/c1-23(2)36(9-11-39-12-13-40-14-15-41-16-17-42-18-19-43-30(38)6-5-10-37)26-7-8-28(24(3)20-26)34-35-31-27(21-32)25(4)29(22-33)44-31/h7-8,10,20,23H,5-6,9,11-19H2,1-4H3. The van der Waals surface area contributed by atoms with Crippen molar-refractivity contribution in [3.05, 3.63) is 39.8 Å². The molecule has 44 heavy (non-hydrogen) atoms. The van der Waals surface area contributed by atoms with Gasteiger partial charge < -0.3 is 33.4 Å². The molecular formula is C31H41N5O7S. The van der Waals surface area contributed by atoms with Crippen molar-refractivity contribution in [2.75, 3.05) is 70.9 Å². The van der Waals surface area contributed by atoms with Crippen LogP contribution in [0.4, 0.5) is 16.4 Å². The highest BCUT2D eigenvalue weighted by molar-refractivity contribution is 7.16. The van der Waals surface area contributed by atoms with Crippen LogP contribution in [-0.4, -0.2) is 84.3 Å². The Labute approximate surface area is 263 Å². The zero-order valence-electron chi connectivity index (χ0n) is 25.9. The molecule has 1 heterocycles. The first-order valence-electron chi connectivity index (χ1n) is 14.4. The molecule has 2 rings (SSSR count). The minimum absolute atomic E-state index is 0.0920. The van der Waals surface area contributed by atoms with Crippen molar-refractivity contribution >= 4 is 40.0 Å². The number of ether oxygens (including phenoxy) is 5. The second-order valence-corrected chi connectivity index (χ2v) is 10.8. The minimum atomic E-state index is -0.406. The summed E-state index contributed by atoms with van der Waals surface area (Å²) in [4.78, 5) is 24.2. The highest BCUT2D eigenvalue weighted by atomic mass is 32.1. The molecule has 1 aromatic carbocycles. The largest absolute Gasteiger partial charge is 0.463 e. The van der Waals surface area contributed by atoms with Gasteiger partial charge in [-0.1, -0.05) is 0 Å². The molecule has 0 amide bonds. The molecule has 0 N–H and O–H groups in total. The van der Waals surface area contributed by atoms with Gasteiger partial charge in [0.05, 0.1) is 70.5 Å². The molecule has 0 aliphatic rings. The number of hydrogen-bond donors (Lipinski definition) is 0. The third kappa shape index (κ3) is 12.9. The van der Waals surface area contributed by atoms with E-state index >= 15 is 0 Å². The Balaban J connectivity index is 1.63. The maximum absolute atomic E-state index is 11.2. The van der Waals surface area contributed by atoms with Crippen molar-refractivity contribution in [1.82, 2.24) is 0 Å². The number of nitriles is 2. The van der Waals surface area contributed by atoms with Gasteiger partial charge in [-0.05, 0) is 57.0 Å². The van der Waals surface area contributed by atoms with Crippen molar-refractivity contribution in [2.24, 2.45) is 10.2 Å². The summed E-state index contributed by atoms with van der Waals surface area (Å²) in [7, 11) is 0. The third-order valence-corrected chi connectivity index (χ3v) is 7.36. The first kappa shape index (κ1) is 36.5. The first-order valence-corrected chi connectivity index (χ1v) is 15.3. The second-order valence-electron chi connectivity index (χ2n) is 9.79. The highest BCUT2D eigenvalue weighted by Crippen LogP contribution is 2.36. The van der Waals surface area contributed by atoms with Gasteiger partial charge in [-0.25, -0.2) is 0 Å². The molecule has 0 aliphatic heterocycles. The summed E-state index contributed by atoms with van der Waals surface area (Å²) in [5.41, 5.74) is 3.71. The van der Waals surface area contributed by atoms with Crippen LogP contribution in [0.1, 0.15) is 48.3 Å². The Morgan fingerprint density at radius 3 is 2.09 bits per heavy atom. The normalized spacial score (nSPS) is 11.1. The molecule has 2 aromatic rings. The third-order valence-electron chi connectivity index (χ3n) is 6.28. The lowest BCUT2D eigenvalue weighted by Crippen LogP contribution is -2.34. The molecule has 13 heteroatoms. The fourth-order valence-corrected chi connectivity index (χ4v) is 4.79. The van der Waals surface area contributed by atoms with Crippen molar-refractivity contribution in [1.29, 1.82) is 10.5 Å². The molecule has 1 aromatic heterocycles. The fraction of sp³-hybridized carbons (Fsp3) is 0.548. The topological polar surface area (TPSA) is 156 Å². The molecule has 0 aliphatic carbocycles. The molecular weight excluding hydrogens is 586 g/mol. The van der Waals surface area contributed by atoms with Crippen LogP contribution in [0.2, 0.25) is 0 Å². The lowest BCUT2D eigenvalue weighted by Gasteiger charge is -2.29. The van der Waals surface area contributed by atoms with Gasteiger partial charge in [0.15, 0.2) is 5.00 Å². The molecule has 0 saturated heterocycles. The van der Waals surface area contributed by atoms with Crippen LogP contribution < -0.4 is 4.90 Å². The van der Waals surface area contributed by atoms with E-state index in [0.717, 1.165) is 11.3 Å². The lowest BCUT2D eigenvalue weighted by molar-refractivity contribution is -0.145. The molecule has 0 saturated carbocycles. The molecule has 0 atom stereocenters. The van der Waals surface area contributed by atoms with Crippen molar-refractivity contribution < 1.29 is 33.3 Å². The fourth-order valence-electron chi connectivity index (χ4n) is 3.91. The van der Waals surface area contributed by atoms with Crippen LogP contribution in [0.15, 0.2) is 28.4 Å². The van der Waals surface area contributed by atoms with Gasteiger partial charge in [0.25, 0.3) is 0 Å². The highest BCUT2D eigenvalue weighted by Gasteiger charge is 2.15. The molecule has 12 nitrogen and oxygen atoms in total. The Bertz CT molecular complexity index is 1300. The van der Waals surface area contributed by atoms with Crippen molar-refractivity contribution in [2.45, 2.75) is 46.6 Å². The lowest BCUT2D eigenvalue weighted by atomic mass is 10.1. The van der Waals surface area contributed by atoms with Gasteiger partial charge in [-0.15, -0.1) is 21.6 Å². The van der Waals surface area contributed by atoms with Gasteiger partial charge in [0.1, 0.15) is 29.9 Å². The second kappa shape index (κ2) is 21.1. The number of esters is 1. The van der Waals surface area contributed by atoms with Gasteiger partial charge in [-0.2, -0.15) is 10.5 Å². The zero-order chi connectivity index (χ0) is 32.2. The summed E-state index contributed by atoms with van der Waals surface area (Å²) in [6, 6.07) is 10.4. The monoisotopic (exact) mass is 627 g/mol. The molecule has 0 spiro atoms. The van der Waals surface area contributed by atoms with E-state index in [1.165, 1.54) is 11.3 Å². The number of anilines is 1. The maximum atomic E-state index is 11.2. The van der Waals surface area contributed by atoms with E-state index in [1.807, 2.05) is 19.1 Å². The molecule has 0 radical (unpaired) electrons. The average molecular weight is 628 g/mol. The Morgan fingerprint density at radius 2 is 1.55 bits per heavy atom. The number of thiophene rings is 1.